The van der Waals surface area contributed by atoms with E-state index in [1.807, 2.05) is 12.1 Å². The molecule has 2 aromatic carbocycles. The van der Waals surface area contributed by atoms with Crippen molar-refractivity contribution in [3.8, 4) is 11.1 Å². The van der Waals surface area contributed by atoms with Crippen LogP contribution < -0.4 is 0 Å². The third kappa shape index (κ3) is 3.71. The van der Waals surface area contributed by atoms with E-state index in [0.29, 0.717) is 59.0 Å². The van der Waals surface area contributed by atoms with Gasteiger partial charge in [-0.15, -0.1) is 0 Å². The number of morpholine rings is 2. The number of ether oxygens (including phenoxy) is 2. The van der Waals surface area contributed by atoms with E-state index in [1.54, 1.807) is 24.3 Å². The fraction of sp³-hybridized carbons (Fsp3) is 0.429. The third-order valence-electron chi connectivity index (χ3n) is 6.04. The lowest BCUT2D eigenvalue weighted by Crippen LogP contribution is -2.40. The van der Waals surface area contributed by atoms with Gasteiger partial charge in [0.25, 0.3) is 0 Å². The zero-order chi connectivity index (χ0) is 21.6. The summed E-state index contributed by atoms with van der Waals surface area (Å²) in [5.74, 6) is 0. The third-order valence-corrected chi connectivity index (χ3v) is 9.83. The summed E-state index contributed by atoms with van der Waals surface area (Å²) in [4.78, 5) is 0.532. The molecule has 166 valence electrons. The Morgan fingerprint density at radius 3 is 1.39 bits per heavy atom. The van der Waals surface area contributed by atoms with Crippen LogP contribution in [0.25, 0.3) is 11.1 Å². The Kier molecular flexibility index (Phi) is 5.40. The summed E-state index contributed by atoms with van der Waals surface area (Å²) in [6.07, 6.45) is 0.504. The van der Waals surface area contributed by atoms with Gasteiger partial charge in [0.15, 0.2) is 0 Å². The second kappa shape index (κ2) is 7.95. The number of sulfonamides is 2. The summed E-state index contributed by atoms with van der Waals surface area (Å²) in [5.41, 5.74) is 3.69. The van der Waals surface area contributed by atoms with Crippen molar-refractivity contribution in [1.82, 2.24) is 8.61 Å². The van der Waals surface area contributed by atoms with E-state index in [-0.39, 0.29) is 9.79 Å². The van der Waals surface area contributed by atoms with Crippen LogP contribution in [-0.2, 0) is 35.9 Å². The van der Waals surface area contributed by atoms with Crippen LogP contribution in [0.4, 0.5) is 0 Å². The van der Waals surface area contributed by atoms with Gasteiger partial charge in [-0.25, -0.2) is 16.8 Å². The minimum atomic E-state index is -3.58. The molecule has 2 fully saturated rings. The number of hydrogen-bond donors (Lipinski definition) is 0. The maximum atomic E-state index is 13.0. The lowest BCUT2D eigenvalue weighted by atomic mass is 10.1. The SMILES string of the molecule is O=S(=O)(c1ccc2c(c1)Cc1cc(S(=O)(=O)N3CCOCC3)ccc1-2)N1CCOCC1. The Labute approximate surface area is 182 Å². The zero-order valence-electron chi connectivity index (χ0n) is 17.0. The highest BCUT2D eigenvalue weighted by Crippen LogP contribution is 2.39. The van der Waals surface area contributed by atoms with E-state index in [1.165, 1.54) is 8.61 Å². The van der Waals surface area contributed by atoms with E-state index < -0.39 is 20.0 Å². The van der Waals surface area contributed by atoms with Gasteiger partial charge in [0.1, 0.15) is 0 Å². The summed E-state index contributed by atoms with van der Waals surface area (Å²) < 4.78 is 65.4. The maximum Gasteiger partial charge on any atom is 0.243 e. The van der Waals surface area contributed by atoms with Gasteiger partial charge < -0.3 is 9.47 Å². The van der Waals surface area contributed by atoms with Gasteiger partial charge in [-0.05, 0) is 52.9 Å². The van der Waals surface area contributed by atoms with Gasteiger partial charge in [-0.2, -0.15) is 8.61 Å². The predicted octanol–water partition coefficient (Wildman–Crippen LogP) is 1.30. The molecule has 2 aliphatic heterocycles. The van der Waals surface area contributed by atoms with Crippen LogP contribution in [0.15, 0.2) is 46.2 Å². The van der Waals surface area contributed by atoms with Crippen LogP contribution in [0.3, 0.4) is 0 Å². The molecule has 0 radical (unpaired) electrons. The van der Waals surface area contributed by atoms with Crippen molar-refractivity contribution in [1.29, 1.82) is 0 Å². The van der Waals surface area contributed by atoms with Gasteiger partial charge in [-0.1, -0.05) is 12.1 Å². The molecule has 5 rings (SSSR count). The van der Waals surface area contributed by atoms with Gasteiger partial charge in [0, 0.05) is 26.2 Å². The first-order chi connectivity index (χ1) is 14.9. The number of benzene rings is 2. The molecule has 0 amide bonds. The molecule has 0 spiro atoms. The van der Waals surface area contributed by atoms with Crippen molar-refractivity contribution < 1.29 is 26.3 Å². The van der Waals surface area contributed by atoms with Crippen molar-refractivity contribution in [2.75, 3.05) is 52.6 Å². The number of fused-ring (bicyclic) bond motifs is 3. The molecule has 0 N–H and O–H groups in total. The summed E-state index contributed by atoms with van der Waals surface area (Å²) in [6.45, 7) is 2.99. The van der Waals surface area contributed by atoms with E-state index in [4.69, 9.17) is 9.47 Å². The predicted molar refractivity (Wildman–Crippen MR) is 114 cm³/mol. The van der Waals surface area contributed by atoms with E-state index in [0.717, 1.165) is 22.3 Å². The van der Waals surface area contributed by atoms with Gasteiger partial charge in [-0.3, -0.25) is 0 Å². The monoisotopic (exact) mass is 464 g/mol. The van der Waals surface area contributed by atoms with Crippen LogP contribution in [0.2, 0.25) is 0 Å². The number of rotatable bonds is 4. The molecule has 0 saturated carbocycles. The van der Waals surface area contributed by atoms with Crippen LogP contribution in [0.5, 0.6) is 0 Å². The van der Waals surface area contributed by atoms with E-state index >= 15 is 0 Å². The Morgan fingerprint density at radius 1 is 0.613 bits per heavy atom. The highest BCUT2D eigenvalue weighted by atomic mass is 32.2. The molecule has 2 aromatic rings. The first-order valence-corrected chi connectivity index (χ1v) is 13.2. The summed E-state index contributed by atoms with van der Waals surface area (Å²) in [5, 5.41) is 0. The second-order valence-electron chi connectivity index (χ2n) is 7.85. The average Bonchev–Trinajstić information content (AvgIpc) is 3.17. The van der Waals surface area contributed by atoms with Crippen molar-refractivity contribution in [3.05, 3.63) is 47.5 Å². The number of nitrogens with zero attached hydrogens (tertiary/aromatic N) is 2. The molecule has 10 heteroatoms. The topological polar surface area (TPSA) is 93.2 Å². The quantitative estimate of drug-likeness (QED) is 0.578. The Bertz CT molecular complexity index is 1120. The molecule has 0 atom stereocenters. The summed E-state index contributed by atoms with van der Waals surface area (Å²) >= 11 is 0. The van der Waals surface area contributed by atoms with Gasteiger partial charge in [0.2, 0.25) is 20.0 Å². The van der Waals surface area contributed by atoms with Crippen molar-refractivity contribution in [3.63, 3.8) is 0 Å². The van der Waals surface area contributed by atoms with Crippen LogP contribution in [0, 0.1) is 0 Å². The first kappa shape index (κ1) is 21.0. The molecule has 0 bridgehead atoms. The molecular weight excluding hydrogens is 440 g/mol. The van der Waals surface area contributed by atoms with E-state index in [2.05, 4.69) is 0 Å². The van der Waals surface area contributed by atoms with Crippen LogP contribution >= 0.6 is 0 Å². The van der Waals surface area contributed by atoms with Crippen molar-refractivity contribution >= 4 is 20.0 Å². The smallest absolute Gasteiger partial charge is 0.243 e. The highest BCUT2D eigenvalue weighted by Gasteiger charge is 2.30. The second-order valence-corrected chi connectivity index (χ2v) is 11.7. The Morgan fingerprint density at radius 2 is 1.00 bits per heavy atom. The van der Waals surface area contributed by atoms with Crippen molar-refractivity contribution in [2.45, 2.75) is 16.2 Å². The molecule has 3 aliphatic rings. The molecule has 31 heavy (non-hydrogen) atoms. The van der Waals surface area contributed by atoms with Gasteiger partial charge in [0.05, 0.1) is 36.2 Å². The molecule has 1 aliphatic carbocycles. The largest absolute Gasteiger partial charge is 0.379 e. The van der Waals surface area contributed by atoms with E-state index in [9.17, 15) is 16.8 Å². The normalized spacial score (nSPS) is 20.4. The molecule has 0 aromatic heterocycles. The molecular formula is C21H24N2O6S2. The molecule has 8 nitrogen and oxygen atoms in total. The number of hydrogen-bond acceptors (Lipinski definition) is 6. The Hall–Kier alpha value is -1.82. The molecule has 2 saturated heterocycles. The molecule has 2 heterocycles. The zero-order valence-corrected chi connectivity index (χ0v) is 18.6. The Balaban J connectivity index is 1.44. The van der Waals surface area contributed by atoms with Crippen LogP contribution in [-0.4, -0.2) is 78.1 Å². The van der Waals surface area contributed by atoms with Crippen molar-refractivity contribution in [2.24, 2.45) is 0 Å². The highest BCUT2D eigenvalue weighted by molar-refractivity contribution is 7.89. The lowest BCUT2D eigenvalue weighted by Gasteiger charge is -2.26. The maximum absolute atomic E-state index is 13.0. The summed E-state index contributed by atoms with van der Waals surface area (Å²) in [6, 6.07) is 10.4. The van der Waals surface area contributed by atoms with Gasteiger partial charge >= 0.3 is 0 Å². The van der Waals surface area contributed by atoms with Crippen LogP contribution in [0.1, 0.15) is 11.1 Å². The standard InChI is InChI=1S/C21H24N2O6S2/c24-30(25,22-5-9-28-10-6-22)18-1-3-20-16(14-18)13-17-15-19(2-4-21(17)20)31(26,27)23-7-11-29-12-8-23/h1-4,14-15H,5-13H2. The average molecular weight is 465 g/mol. The minimum Gasteiger partial charge on any atom is -0.379 e. The fourth-order valence-electron chi connectivity index (χ4n) is 4.36. The molecule has 0 unspecified atom stereocenters. The lowest BCUT2D eigenvalue weighted by molar-refractivity contribution is 0.0730. The fourth-order valence-corrected chi connectivity index (χ4v) is 7.27. The first-order valence-electron chi connectivity index (χ1n) is 10.3. The summed E-state index contributed by atoms with van der Waals surface area (Å²) in [7, 11) is -7.16. The minimum absolute atomic E-state index is 0.266.